The van der Waals surface area contributed by atoms with Gasteiger partial charge in [-0.2, -0.15) is 0 Å². The Morgan fingerprint density at radius 3 is 2.78 bits per heavy atom. The Balaban J connectivity index is 0.00000264. The number of carbonyl (C=O) groups is 1. The molecular weight excluding hydrogens is 293 g/mol. The molecule has 1 aromatic carbocycles. The highest BCUT2D eigenvalue weighted by Gasteiger charge is 2.25. The lowest BCUT2D eigenvalue weighted by atomic mass is 9.88. The molecule has 0 spiro atoms. The van der Waals surface area contributed by atoms with Gasteiger partial charge in [0.25, 0.3) is 0 Å². The van der Waals surface area contributed by atoms with Crippen LogP contribution < -0.4 is 10.1 Å². The topological polar surface area (TPSA) is 38.3 Å². The normalized spacial score (nSPS) is 16.5. The number of ketones is 1. The zero-order valence-corrected chi connectivity index (χ0v) is 13.5. The number of hydrogen-bond donors (Lipinski definition) is 1. The molecule has 3 nitrogen and oxygen atoms in total. The quantitative estimate of drug-likeness (QED) is 0.797. The van der Waals surface area contributed by atoms with E-state index in [1.807, 2.05) is 0 Å². The van der Waals surface area contributed by atoms with Crippen molar-refractivity contribution in [3.05, 3.63) is 41.2 Å². The Hall–Kier alpha value is -1.68. The first-order valence-corrected chi connectivity index (χ1v) is 7.73. The second-order valence-corrected chi connectivity index (χ2v) is 6.27. The molecule has 23 heavy (non-hydrogen) atoms. The van der Waals surface area contributed by atoms with Crippen molar-refractivity contribution >= 4 is 5.78 Å². The molecule has 0 fully saturated rings. The maximum atomic E-state index is 13.8. The molecule has 1 aliphatic rings. The van der Waals surface area contributed by atoms with Crippen molar-refractivity contribution < 1.29 is 13.9 Å². The molecule has 0 radical (unpaired) electrons. The lowest BCUT2D eigenvalue weighted by Gasteiger charge is -2.27. The molecule has 1 N–H and O–H groups in total. The summed E-state index contributed by atoms with van der Waals surface area (Å²) in [5, 5.41) is 3.35. The van der Waals surface area contributed by atoms with Gasteiger partial charge in [-0.15, -0.1) is 0 Å². The molecule has 0 saturated heterocycles. The van der Waals surface area contributed by atoms with Crippen molar-refractivity contribution in [3.8, 4) is 5.75 Å². The number of fused-ring (bicyclic) bond motifs is 1. The Labute approximate surface area is 138 Å². The van der Waals surface area contributed by atoms with Crippen LogP contribution in [0.1, 0.15) is 51.3 Å². The molecule has 0 aromatic heterocycles. The van der Waals surface area contributed by atoms with E-state index < -0.39 is 0 Å². The van der Waals surface area contributed by atoms with Gasteiger partial charge in [-0.25, -0.2) is 4.39 Å². The maximum Gasteiger partial charge on any atom is 0.165 e. The Morgan fingerprint density at radius 2 is 2.17 bits per heavy atom. The van der Waals surface area contributed by atoms with Crippen LogP contribution in [0.4, 0.5) is 4.39 Å². The summed E-state index contributed by atoms with van der Waals surface area (Å²) >= 11 is 0. The molecule has 0 amide bonds. The van der Waals surface area contributed by atoms with Crippen LogP contribution in [-0.4, -0.2) is 19.4 Å². The fraction of sp³-hybridized carbons (Fsp3) is 0.526. The molecule has 1 atom stereocenters. The minimum Gasteiger partial charge on any atom is -0.494 e. The van der Waals surface area contributed by atoms with E-state index >= 15 is 0 Å². The van der Waals surface area contributed by atoms with Crippen LogP contribution in [0, 0.1) is 11.7 Å². The maximum absolute atomic E-state index is 13.8. The third-order valence-electron chi connectivity index (χ3n) is 4.01. The number of carbonyl (C=O) groups excluding carboxylic acids is 1. The number of nitrogens with one attached hydrogen (secondary N) is 1. The zero-order valence-electron chi connectivity index (χ0n) is 13.5. The van der Waals surface area contributed by atoms with E-state index in [0.717, 1.165) is 24.1 Å². The number of benzene rings is 1. The van der Waals surface area contributed by atoms with E-state index in [1.54, 1.807) is 6.07 Å². The first-order valence-electron chi connectivity index (χ1n) is 7.73. The highest BCUT2D eigenvalue weighted by molar-refractivity contribution is 5.95. The van der Waals surface area contributed by atoms with E-state index in [4.69, 9.17) is 4.74 Å². The van der Waals surface area contributed by atoms with Crippen LogP contribution in [0.3, 0.4) is 0 Å². The average Bonchev–Trinajstić information content (AvgIpc) is 2.46. The standard InChI is InChI=1S/C18H24FNO2.CH4/c1-11(2)7-12(3)17(21)10-16-14-9-18(22-4)15(19)8-13(14)5-6-20-16;/h8-9,11,16,20H,3,5-7,10H2,1-2,4H3;1H4. The molecular formula is C19H28FNO2. The van der Waals surface area contributed by atoms with Gasteiger partial charge >= 0.3 is 0 Å². The van der Waals surface area contributed by atoms with Gasteiger partial charge in [0.15, 0.2) is 17.3 Å². The largest absolute Gasteiger partial charge is 0.494 e. The molecule has 0 aliphatic carbocycles. The van der Waals surface area contributed by atoms with Crippen LogP contribution in [0.5, 0.6) is 5.75 Å². The van der Waals surface area contributed by atoms with E-state index in [2.05, 4.69) is 25.7 Å². The van der Waals surface area contributed by atoms with Crippen molar-refractivity contribution in [1.29, 1.82) is 0 Å². The second kappa shape index (κ2) is 8.25. The highest BCUT2D eigenvalue weighted by Crippen LogP contribution is 2.32. The summed E-state index contributed by atoms with van der Waals surface area (Å²) in [6.07, 6.45) is 1.83. The number of allylic oxidation sites excluding steroid dienone is 1. The van der Waals surface area contributed by atoms with Crippen LogP contribution >= 0.6 is 0 Å². The number of hydrogen-bond acceptors (Lipinski definition) is 3. The van der Waals surface area contributed by atoms with Gasteiger partial charge in [0, 0.05) is 12.5 Å². The minimum absolute atomic E-state index is 0. The summed E-state index contributed by atoms with van der Waals surface area (Å²) in [6, 6.07) is 3.13. The van der Waals surface area contributed by atoms with Gasteiger partial charge in [0.2, 0.25) is 0 Å². The van der Waals surface area contributed by atoms with Gasteiger partial charge in [0.05, 0.1) is 7.11 Å². The number of halogens is 1. The summed E-state index contributed by atoms with van der Waals surface area (Å²) in [7, 11) is 1.45. The second-order valence-electron chi connectivity index (χ2n) is 6.27. The van der Waals surface area contributed by atoms with Gasteiger partial charge in [-0.3, -0.25) is 4.79 Å². The SMILES string of the molecule is C.C=C(CC(C)C)C(=O)CC1NCCc2cc(F)c(OC)cc21. The smallest absolute Gasteiger partial charge is 0.165 e. The molecule has 128 valence electrons. The van der Waals surface area contributed by atoms with Crippen LogP contribution in [0.15, 0.2) is 24.3 Å². The first kappa shape index (κ1) is 19.4. The van der Waals surface area contributed by atoms with Crippen LogP contribution in [0.25, 0.3) is 0 Å². The highest BCUT2D eigenvalue weighted by atomic mass is 19.1. The van der Waals surface area contributed by atoms with E-state index in [1.165, 1.54) is 13.2 Å². The van der Waals surface area contributed by atoms with Crippen molar-refractivity contribution in [1.82, 2.24) is 5.32 Å². The fourth-order valence-electron chi connectivity index (χ4n) is 2.92. The van der Waals surface area contributed by atoms with Crippen molar-refractivity contribution in [3.63, 3.8) is 0 Å². The monoisotopic (exact) mass is 321 g/mol. The molecule has 1 unspecified atom stereocenters. The van der Waals surface area contributed by atoms with Gasteiger partial charge < -0.3 is 10.1 Å². The van der Waals surface area contributed by atoms with Crippen LogP contribution in [-0.2, 0) is 11.2 Å². The van der Waals surface area contributed by atoms with E-state index in [9.17, 15) is 9.18 Å². The Kier molecular flexibility index (Phi) is 6.95. The summed E-state index contributed by atoms with van der Waals surface area (Å²) in [5.41, 5.74) is 2.57. The Morgan fingerprint density at radius 1 is 1.48 bits per heavy atom. The summed E-state index contributed by atoms with van der Waals surface area (Å²) in [6.45, 7) is 8.78. The molecule has 1 aromatic rings. The molecule has 0 saturated carbocycles. The van der Waals surface area contributed by atoms with Crippen LogP contribution in [0.2, 0.25) is 0 Å². The predicted octanol–water partition coefficient (Wildman–Crippen LogP) is 4.22. The molecule has 2 rings (SSSR count). The number of methoxy groups -OCH3 is 1. The summed E-state index contributed by atoms with van der Waals surface area (Å²) in [4.78, 5) is 12.3. The third-order valence-corrected chi connectivity index (χ3v) is 4.01. The number of ether oxygens (including phenoxy) is 1. The third kappa shape index (κ3) is 4.64. The number of Topliss-reactive ketones (excluding diaryl/α,β-unsaturated/α-hetero) is 1. The molecule has 1 heterocycles. The molecule has 1 aliphatic heterocycles. The van der Waals surface area contributed by atoms with Crippen molar-refractivity contribution in [2.45, 2.75) is 46.6 Å². The van der Waals surface area contributed by atoms with Crippen molar-refractivity contribution in [2.75, 3.05) is 13.7 Å². The van der Waals surface area contributed by atoms with Crippen molar-refractivity contribution in [2.24, 2.45) is 5.92 Å². The molecule has 0 bridgehead atoms. The van der Waals surface area contributed by atoms with E-state index in [-0.39, 0.29) is 30.8 Å². The lowest BCUT2D eigenvalue weighted by molar-refractivity contribution is -0.116. The Bertz CT molecular complexity index is 581. The fourth-order valence-corrected chi connectivity index (χ4v) is 2.92. The minimum atomic E-state index is -0.350. The van der Waals surface area contributed by atoms with E-state index in [0.29, 0.717) is 24.3 Å². The zero-order chi connectivity index (χ0) is 16.3. The average molecular weight is 321 g/mol. The number of rotatable bonds is 6. The first-order chi connectivity index (χ1) is 10.4. The van der Waals surface area contributed by atoms with Gasteiger partial charge in [0.1, 0.15) is 0 Å². The van der Waals surface area contributed by atoms with Gasteiger partial charge in [-0.1, -0.05) is 27.9 Å². The predicted molar refractivity (Wildman–Crippen MR) is 92.3 cm³/mol. The van der Waals surface area contributed by atoms with Gasteiger partial charge in [-0.05, 0) is 54.1 Å². The summed E-state index contributed by atoms with van der Waals surface area (Å²) in [5.74, 6) is 0.359. The molecule has 4 heteroatoms. The lowest BCUT2D eigenvalue weighted by Crippen LogP contribution is -2.32. The summed E-state index contributed by atoms with van der Waals surface area (Å²) < 4.78 is 18.9.